The van der Waals surface area contributed by atoms with Crippen molar-refractivity contribution < 1.29 is 32.8 Å². The second kappa shape index (κ2) is 4.43. The van der Waals surface area contributed by atoms with Crippen LogP contribution in [0.5, 0.6) is 0 Å². The van der Waals surface area contributed by atoms with E-state index in [1.165, 1.54) is 24.3 Å². The second-order valence-electron chi connectivity index (χ2n) is 4.34. The van der Waals surface area contributed by atoms with Crippen LogP contribution < -0.4 is 0 Å². The molecule has 3 N–H and O–H groups in total. The van der Waals surface area contributed by atoms with Gasteiger partial charge in [-0.25, -0.2) is 0 Å². The molecule has 0 amide bonds. The fourth-order valence-electron chi connectivity index (χ4n) is 2.31. The molecule has 1 atom stereocenters. The Morgan fingerprint density at radius 2 is 1.65 bits per heavy atom. The van der Waals surface area contributed by atoms with Crippen LogP contribution in [0, 0.1) is 5.41 Å². The summed E-state index contributed by atoms with van der Waals surface area (Å²) < 4.78 is 32.5. The summed E-state index contributed by atoms with van der Waals surface area (Å²) in [5, 5.41) is 16.3. The van der Waals surface area contributed by atoms with Crippen LogP contribution in [0.1, 0.15) is 16.4 Å². The molecule has 1 aliphatic rings. The Kier molecular flexibility index (Phi) is 3.15. The van der Waals surface area contributed by atoms with Gasteiger partial charge in [-0.05, 0) is 11.1 Å². The quantitative estimate of drug-likeness (QED) is 0.556. The zero-order valence-electron chi connectivity index (χ0n) is 9.92. The Morgan fingerprint density at radius 1 is 1.10 bits per heavy atom. The van der Waals surface area contributed by atoms with Crippen molar-refractivity contribution in [2.75, 3.05) is 0 Å². The molecule has 0 spiro atoms. The van der Waals surface area contributed by atoms with Gasteiger partial charge in [-0.2, -0.15) is 8.42 Å². The van der Waals surface area contributed by atoms with E-state index >= 15 is 0 Å². The largest absolute Gasteiger partial charge is 0.480 e. The molecule has 0 heterocycles. The fourth-order valence-corrected chi connectivity index (χ4v) is 3.59. The van der Waals surface area contributed by atoms with Crippen LogP contribution in [0.15, 0.2) is 30.3 Å². The summed E-state index contributed by atoms with van der Waals surface area (Å²) in [4.78, 5) is 22.8. The lowest BCUT2D eigenvalue weighted by Crippen LogP contribution is -2.47. The monoisotopic (exact) mass is 298 g/mol. The molecule has 0 bridgehead atoms. The van der Waals surface area contributed by atoms with Gasteiger partial charge in [0.05, 0.1) is 0 Å². The van der Waals surface area contributed by atoms with Gasteiger partial charge in [0.15, 0.2) is 0 Å². The number of carbonyl (C=O) groups is 2. The van der Waals surface area contributed by atoms with Crippen LogP contribution in [0.2, 0.25) is 0 Å². The first-order valence-electron chi connectivity index (χ1n) is 5.42. The van der Waals surface area contributed by atoms with E-state index in [2.05, 4.69) is 0 Å². The number of benzene rings is 1. The standard InChI is InChI=1S/C12H10O7S/c13-10(14)12(11(15)16)6-5-7-3-1-2-4-8(7)9(12)20(17,18)19/h1-6,9H,(H,13,14)(H,15,16)(H,17,18,19). The van der Waals surface area contributed by atoms with E-state index in [4.69, 9.17) is 0 Å². The summed E-state index contributed by atoms with van der Waals surface area (Å²) in [5.41, 5.74) is -2.49. The minimum absolute atomic E-state index is 0.0673. The Bertz CT molecular complexity index is 703. The molecule has 106 valence electrons. The number of carboxylic acids is 2. The lowest BCUT2D eigenvalue weighted by molar-refractivity contribution is -0.161. The van der Waals surface area contributed by atoms with Crippen molar-refractivity contribution in [1.29, 1.82) is 0 Å². The number of rotatable bonds is 3. The van der Waals surface area contributed by atoms with Gasteiger partial charge in [0.25, 0.3) is 10.1 Å². The van der Waals surface area contributed by atoms with Gasteiger partial charge in [-0.3, -0.25) is 14.1 Å². The van der Waals surface area contributed by atoms with Gasteiger partial charge in [-0.1, -0.05) is 36.4 Å². The lowest BCUT2D eigenvalue weighted by atomic mass is 9.75. The van der Waals surface area contributed by atoms with Crippen molar-refractivity contribution in [2.24, 2.45) is 5.41 Å². The minimum Gasteiger partial charge on any atom is -0.480 e. The first kappa shape index (κ1) is 14.2. The highest BCUT2D eigenvalue weighted by Crippen LogP contribution is 2.46. The molecule has 0 saturated carbocycles. The summed E-state index contributed by atoms with van der Waals surface area (Å²) >= 11 is 0. The van der Waals surface area contributed by atoms with Crippen molar-refractivity contribution in [2.45, 2.75) is 5.25 Å². The Morgan fingerprint density at radius 3 is 2.15 bits per heavy atom. The molecule has 2 rings (SSSR count). The SMILES string of the molecule is O=C(O)C1(C(=O)O)C=Cc2ccccc2C1S(=O)(=O)O. The maximum absolute atomic E-state index is 11.6. The Balaban J connectivity index is 2.86. The van der Waals surface area contributed by atoms with E-state index in [0.717, 1.165) is 6.08 Å². The number of fused-ring (bicyclic) bond motifs is 1. The molecule has 1 aromatic rings. The summed E-state index contributed by atoms with van der Waals surface area (Å²) in [6.07, 6.45) is 2.00. The van der Waals surface area contributed by atoms with Crippen LogP contribution in [-0.2, 0) is 19.7 Å². The number of carboxylic acid groups (broad SMARTS) is 2. The smallest absolute Gasteiger partial charge is 0.326 e. The lowest BCUT2D eigenvalue weighted by Gasteiger charge is -2.32. The van der Waals surface area contributed by atoms with Gasteiger partial charge in [0.1, 0.15) is 5.25 Å². The van der Waals surface area contributed by atoms with Gasteiger partial charge < -0.3 is 10.2 Å². The molecule has 8 heteroatoms. The summed E-state index contributed by atoms with van der Waals surface area (Å²) in [6, 6.07) is 5.79. The number of aliphatic carboxylic acids is 2. The zero-order valence-corrected chi connectivity index (χ0v) is 10.7. The predicted octanol–water partition coefficient (Wildman–Crippen LogP) is 0.798. The molecule has 7 nitrogen and oxygen atoms in total. The zero-order chi connectivity index (χ0) is 15.1. The molecule has 0 aromatic heterocycles. The predicted molar refractivity (Wildman–Crippen MR) is 67.5 cm³/mol. The van der Waals surface area contributed by atoms with Crippen LogP contribution >= 0.6 is 0 Å². The van der Waals surface area contributed by atoms with Crippen molar-refractivity contribution in [1.82, 2.24) is 0 Å². The van der Waals surface area contributed by atoms with E-state index in [1.807, 2.05) is 0 Å². The van der Waals surface area contributed by atoms with Crippen molar-refractivity contribution >= 4 is 28.1 Å². The summed E-state index contributed by atoms with van der Waals surface area (Å²) in [7, 11) is -4.95. The highest BCUT2D eigenvalue weighted by atomic mass is 32.2. The first-order chi connectivity index (χ1) is 9.21. The second-order valence-corrected chi connectivity index (χ2v) is 5.84. The summed E-state index contributed by atoms with van der Waals surface area (Å²) in [6.45, 7) is 0. The molecular weight excluding hydrogens is 288 g/mol. The van der Waals surface area contributed by atoms with Crippen molar-refractivity contribution in [3.05, 3.63) is 41.5 Å². The van der Waals surface area contributed by atoms with Crippen LogP contribution in [0.25, 0.3) is 6.08 Å². The molecular formula is C12H10O7S. The molecule has 1 unspecified atom stereocenters. The summed E-state index contributed by atoms with van der Waals surface area (Å²) in [5.74, 6) is -3.73. The molecule has 0 saturated heterocycles. The molecule has 0 fully saturated rings. The molecule has 1 aromatic carbocycles. The van der Waals surface area contributed by atoms with Crippen molar-refractivity contribution in [3.63, 3.8) is 0 Å². The number of hydrogen-bond donors (Lipinski definition) is 3. The Labute approximate surface area is 113 Å². The van der Waals surface area contributed by atoms with Crippen LogP contribution in [0.3, 0.4) is 0 Å². The molecule has 1 aliphatic carbocycles. The minimum atomic E-state index is -4.95. The topological polar surface area (TPSA) is 129 Å². The van der Waals surface area contributed by atoms with Gasteiger partial charge in [0.2, 0.25) is 5.41 Å². The third-order valence-electron chi connectivity index (χ3n) is 3.22. The van der Waals surface area contributed by atoms with E-state index in [-0.39, 0.29) is 5.56 Å². The highest BCUT2D eigenvalue weighted by Gasteiger charge is 2.59. The maximum Gasteiger partial charge on any atom is 0.326 e. The van der Waals surface area contributed by atoms with Crippen LogP contribution in [0.4, 0.5) is 0 Å². The third kappa shape index (κ3) is 1.89. The van der Waals surface area contributed by atoms with Gasteiger partial charge in [-0.15, -0.1) is 0 Å². The number of hydrogen-bond acceptors (Lipinski definition) is 4. The molecule has 0 aliphatic heterocycles. The fraction of sp³-hybridized carbons (Fsp3) is 0.167. The molecule has 20 heavy (non-hydrogen) atoms. The normalized spacial score (nSPS) is 20.1. The van der Waals surface area contributed by atoms with E-state index in [0.29, 0.717) is 5.56 Å². The van der Waals surface area contributed by atoms with E-state index in [9.17, 15) is 32.8 Å². The van der Waals surface area contributed by atoms with Gasteiger partial charge >= 0.3 is 11.9 Å². The van der Waals surface area contributed by atoms with Gasteiger partial charge in [0, 0.05) is 0 Å². The maximum atomic E-state index is 11.6. The van der Waals surface area contributed by atoms with Crippen LogP contribution in [-0.4, -0.2) is 35.1 Å². The first-order valence-corrected chi connectivity index (χ1v) is 6.93. The third-order valence-corrected chi connectivity index (χ3v) is 4.44. The van der Waals surface area contributed by atoms with E-state index < -0.39 is 32.7 Å². The average molecular weight is 298 g/mol. The average Bonchev–Trinajstić information content (AvgIpc) is 2.35. The molecule has 0 radical (unpaired) electrons. The highest BCUT2D eigenvalue weighted by molar-refractivity contribution is 7.86. The Hall–Kier alpha value is -2.19. The van der Waals surface area contributed by atoms with E-state index in [1.54, 1.807) is 6.07 Å². The van der Waals surface area contributed by atoms with Crippen molar-refractivity contribution in [3.8, 4) is 0 Å².